The van der Waals surface area contributed by atoms with Gasteiger partial charge in [0.15, 0.2) is 5.82 Å². The summed E-state index contributed by atoms with van der Waals surface area (Å²) in [7, 11) is 1.78. The lowest BCUT2D eigenvalue weighted by Gasteiger charge is -2.43. The summed E-state index contributed by atoms with van der Waals surface area (Å²) in [5.74, 6) is 2.61. The summed E-state index contributed by atoms with van der Waals surface area (Å²) in [5.41, 5.74) is 3.30. The molecule has 4 fully saturated rings. The van der Waals surface area contributed by atoms with E-state index in [2.05, 4.69) is 71.9 Å². The zero-order chi connectivity index (χ0) is 37.2. The number of benzene rings is 1. The summed E-state index contributed by atoms with van der Waals surface area (Å²) in [4.78, 5) is 48.1. The van der Waals surface area contributed by atoms with Gasteiger partial charge in [-0.3, -0.25) is 29.4 Å². The van der Waals surface area contributed by atoms with Crippen LogP contribution in [0.5, 0.6) is 0 Å². The summed E-state index contributed by atoms with van der Waals surface area (Å²) in [6.07, 6.45) is 9.21. The second-order valence-electron chi connectivity index (χ2n) is 15.5. The highest BCUT2D eigenvalue weighted by Gasteiger charge is 2.31. The van der Waals surface area contributed by atoms with E-state index in [4.69, 9.17) is 19.8 Å². The van der Waals surface area contributed by atoms with Crippen LogP contribution in [0.4, 0.5) is 23.4 Å². The quantitative estimate of drug-likeness (QED) is 0.223. The van der Waals surface area contributed by atoms with Gasteiger partial charge in [0.25, 0.3) is 0 Å². The van der Waals surface area contributed by atoms with Crippen LogP contribution in [-0.2, 0) is 20.9 Å². The first kappa shape index (κ1) is 36.3. The molecule has 3 aromatic heterocycles. The normalized spacial score (nSPS) is 21.3. The minimum absolute atomic E-state index is 0.171. The molecule has 4 aromatic rings. The molecule has 4 saturated heterocycles. The fraction of sp³-hybridized carbons (Fsp3) is 0.550. The summed E-state index contributed by atoms with van der Waals surface area (Å²) in [6.45, 7) is 13.1. The van der Waals surface area contributed by atoms with Gasteiger partial charge in [-0.05, 0) is 63.1 Å². The zero-order valence-corrected chi connectivity index (χ0v) is 31.8. The Kier molecular flexibility index (Phi) is 10.7. The van der Waals surface area contributed by atoms with E-state index in [-0.39, 0.29) is 23.8 Å². The van der Waals surface area contributed by atoms with Gasteiger partial charge >= 0.3 is 0 Å². The first-order valence-corrected chi connectivity index (χ1v) is 19.7. The van der Waals surface area contributed by atoms with Gasteiger partial charge in [0.05, 0.1) is 22.9 Å². The number of aromatic nitrogens is 5. The predicted molar refractivity (Wildman–Crippen MR) is 209 cm³/mol. The number of hydrogen-bond donors (Lipinski definition) is 2. The number of nitrogens with zero attached hydrogens (tertiary/aromatic N) is 9. The average molecular weight is 736 g/mol. The van der Waals surface area contributed by atoms with Gasteiger partial charge in [-0.2, -0.15) is 10.1 Å². The van der Waals surface area contributed by atoms with Crippen LogP contribution in [0.15, 0.2) is 48.8 Å². The number of rotatable bonds is 10. The lowest BCUT2D eigenvalue weighted by atomic mass is 9.89. The molecule has 1 unspecified atom stereocenters. The van der Waals surface area contributed by atoms with Gasteiger partial charge in [-0.1, -0.05) is 24.3 Å². The molecule has 0 spiro atoms. The monoisotopic (exact) mass is 735 g/mol. The van der Waals surface area contributed by atoms with E-state index < -0.39 is 0 Å². The Hall–Kier alpha value is -4.66. The van der Waals surface area contributed by atoms with Crippen molar-refractivity contribution in [3.8, 4) is 0 Å². The molecular formula is C40H53N11O3. The number of hydrogen-bond acceptors (Lipinski definition) is 12. The standard InChI is InChI=1S/C40H53N11O3/c1-27(2)51-34-24-36(43-35-9-14-41-40(44-35)50-17-12-31(54-3)13-18-50)42-25-33(34)38(46-51)49-15-10-30(11-16-49)48-21-19-47(20-22-48)26-28-5-4-6-29(23-28)32-7-8-37(52)45-39(32)53/h4-6,9,14,23-25,27,30-32H,7-8,10-13,15-22,26H2,1-3H3,(H,45,52,53)(H,41,42,43,44). The second-order valence-corrected chi connectivity index (χ2v) is 15.5. The van der Waals surface area contributed by atoms with Crippen molar-refractivity contribution in [2.24, 2.45) is 0 Å². The van der Waals surface area contributed by atoms with E-state index in [9.17, 15) is 9.59 Å². The summed E-state index contributed by atoms with van der Waals surface area (Å²) in [5, 5.41) is 12.2. The number of carbonyl (C=O) groups excluding carboxylic acids is 2. The molecule has 4 aliphatic heterocycles. The third kappa shape index (κ3) is 7.91. The minimum Gasteiger partial charge on any atom is -0.381 e. The number of piperazine rings is 1. The molecule has 2 N–H and O–H groups in total. The van der Waals surface area contributed by atoms with Crippen LogP contribution in [0.1, 0.15) is 75.5 Å². The van der Waals surface area contributed by atoms with Crippen molar-refractivity contribution in [3.05, 3.63) is 59.9 Å². The Balaban J connectivity index is 0.863. The molecule has 1 aromatic carbocycles. The summed E-state index contributed by atoms with van der Waals surface area (Å²) < 4.78 is 7.65. The highest BCUT2D eigenvalue weighted by Crippen LogP contribution is 2.33. The molecule has 54 heavy (non-hydrogen) atoms. The molecule has 0 radical (unpaired) electrons. The minimum atomic E-state index is -0.243. The molecule has 0 saturated carbocycles. The highest BCUT2D eigenvalue weighted by atomic mass is 16.5. The van der Waals surface area contributed by atoms with Gasteiger partial charge < -0.3 is 19.9 Å². The van der Waals surface area contributed by atoms with Crippen LogP contribution in [0.3, 0.4) is 0 Å². The fourth-order valence-corrected chi connectivity index (χ4v) is 8.61. The SMILES string of the molecule is COC1CCN(c2nccc(Nc3cc4c(cn3)c(N3CCC(N5CCN(Cc6cccc(C7CCC(=O)NC7=O)c6)CC5)CC3)nn4C(C)C)n2)CC1. The van der Waals surface area contributed by atoms with Gasteiger partial charge in [-0.15, -0.1) is 0 Å². The van der Waals surface area contributed by atoms with Crippen molar-refractivity contribution in [1.82, 2.24) is 39.8 Å². The van der Waals surface area contributed by atoms with Gasteiger partial charge in [-0.25, -0.2) is 9.97 Å². The number of fused-ring (bicyclic) bond motifs is 1. The number of methoxy groups -OCH3 is 1. The van der Waals surface area contributed by atoms with Gasteiger partial charge in [0.1, 0.15) is 11.6 Å². The molecular weight excluding hydrogens is 683 g/mol. The molecule has 14 heteroatoms. The zero-order valence-electron chi connectivity index (χ0n) is 31.8. The lowest BCUT2D eigenvalue weighted by Crippen LogP contribution is -2.53. The highest BCUT2D eigenvalue weighted by molar-refractivity contribution is 6.01. The van der Waals surface area contributed by atoms with Crippen molar-refractivity contribution in [1.29, 1.82) is 0 Å². The molecule has 2 amide bonds. The maximum Gasteiger partial charge on any atom is 0.234 e. The molecule has 7 heterocycles. The molecule has 0 aliphatic carbocycles. The first-order chi connectivity index (χ1) is 26.3. The summed E-state index contributed by atoms with van der Waals surface area (Å²) in [6, 6.07) is 13.1. The number of anilines is 4. The number of imide groups is 1. The number of amides is 2. The van der Waals surface area contributed by atoms with Crippen LogP contribution >= 0.6 is 0 Å². The number of pyridine rings is 1. The van der Waals surface area contributed by atoms with Gasteiger partial charge in [0, 0.05) is 103 Å². The lowest BCUT2D eigenvalue weighted by molar-refractivity contribution is -0.134. The van der Waals surface area contributed by atoms with E-state index in [1.165, 1.54) is 5.56 Å². The van der Waals surface area contributed by atoms with E-state index in [1.54, 1.807) is 13.3 Å². The molecule has 14 nitrogen and oxygen atoms in total. The predicted octanol–water partition coefficient (Wildman–Crippen LogP) is 4.47. The Labute approximate surface area is 317 Å². The molecule has 4 aliphatic rings. The Morgan fingerprint density at radius 3 is 2.41 bits per heavy atom. The molecule has 286 valence electrons. The Bertz CT molecular complexity index is 1940. The maximum absolute atomic E-state index is 12.4. The van der Waals surface area contributed by atoms with Crippen LogP contribution < -0.4 is 20.4 Å². The third-order valence-corrected chi connectivity index (χ3v) is 11.7. The van der Waals surface area contributed by atoms with Crippen molar-refractivity contribution in [3.63, 3.8) is 0 Å². The van der Waals surface area contributed by atoms with Crippen molar-refractivity contribution in [2.75, 3.05) is 74.6 Å². The fourth-order valence-electron chi connectivity index (χ4n) is 8.61. The van der Waals surface area contributed by atoms with E-state index in [0.29, 0.717) is 25.0 Å². The van der Waals surface area contributed by atoms with Crippen LogP contribution in [0.25, 0.3) is 10.9 Å². The van der Waals surface area contributed by atoms with E-state index in [1.807, 2.05) is 24.4 Å². The average Bonchev–Trinajstić information content (AvgIpc) is 3.58. The topological polar surface area (TPSA) is 137 Å². The van der Waals surface area contributed by atoms with Crippen molar-refractivity contribution in [2.45, 2.75) is 83.0 Å². The Morgan fingerprint density at radius 2 is 1.67 bits per heavy atom. The maximum atomic E-state index is 12.4. The second kappa shape index (κ2) is 16.0. The molecule has 0 bridgehead atoms. The number of piperidine rings is 3. The number of nitrogens with one attached hydrogen (secondary N) is 2. The number of carbonyl (C=O) groups is 2. The van der Waals surface area contributed by atoms with E-state index in [0.717, 1.165) is 124 Å². The Morgan fingerprint density at radius 1 is 0.889 bits per heavy atom. The van der Waals surface area contributed by atoms with Crippen LogP contribution in [0, 0.1) is 0 Å². The largest absolute Gasteiger partial charge is 0.381 e. The van der Waals surface area contributed by atoms with Crippen LogP contribution in [-0.4, -0.2) is 118 Å². The summed E-state index contributed by atoms with van der Waals surface area (Å²) >= 11 is 0. The van der Waals surface area contributed by atoms with Crippen molar-refractivity contribution < 1.29 is 14.3 Å². The van der Waals surface area contributed by atoms with Crippen LogP contribution in [0.2, 0.25) is 0 Å². The van der Waals surface area contributed by atoms with Crippen molar-refractivity contribution >= 4 is 46.1 Å². The molecule has 8 rings (SSSR count). The number of ether oxygens (including phenoxy) is 1. The third-order valence-electron chi connectivity index (χ3n) is 11.7. The molecule has 1 atom stereocenters. The van der Waals surface area contributed by atoms with E-state index >= 15 is 0 Å². The smallest absolute Gasteiger partial charge is 0.234 e. The van der Waals surface area contributed by atoms with Gasteiger partial charge in [0.2, 0.25) is 17.8 Å². The first-order valence-electron chi connectivity index (χ1n) is 19.7.